The van der Waals surface area contributed by atoms with Gasteiger partial charge in [0.2, 0.25) is 0 Å². The Hall–Kier alpha value is -1.26. The van der Waals surface area contributed by atoms with Crippen molar-refractivity contribution < 1.29 is 4.74 Å². The quantitative estimate of drug-likeness (QED) is 0.675. The predicted molar refractivity (Wildman–Crippen MR) is 109 cm³/mol. The van der Waals surface area contributed by atoms with E-state index in [1.807, 2.05) is 42.5 Å². The zero-order valence-electron chi connectivity index (χ0n) is 15.3. The molecule has 0 aromatic heterocycles. The van der Waals surface area contributed by atoms with Gasteiger partial charge in [-0.1, -0.05) is 35.3 Å². The summed E-state index contributed by atoms with van der Waals surface area (Å²) in [6.45, 7) is 6.26. The molecule has 2 aromatic rings. The van der Waals surface area contributed by atoms with E-state index in [1.165, 1.54) is 5.56 Å². The summed E-state index contributed by atoms with van der Waals surface area (Å²) in [5.41, 5.74) is 2.24. The number of hydrogen-bond acceptors (Lipinski definition) is 3. The SMILES string of the molecule is CN1CCN(CCCc2cc(Cl)ccc2OCc2cccc(Cl)c2)CC1. The lowest BCUT2D eigenvalue weighted by Crippen LogP contribution is -2.44. The summed E-state index contributed by atoms with van der Waals surface area (Å²) in [7, 11) is 2.19. The fraction of sp³-hybridized carbons (Fsp3) is 0.429. The number of nitrogens with zero attached hydrogens (tertiary/aromatic N) is 2. The van der Waals surface area contributed by atoms with Gasteiger partial charge in [-0.25, -0.2) is 0 Å². The maximum Gasteiger partial charge on any atom is 0.123 e. The van der Waals surface area contributed by atoms with Gasteiger partial charge in [-0.15, -0.1) is 0 Å². The van der Waals surface area contributed by atoms with Crippen LogP contribution in [0.2, 0.25) is 10.0 Å². The molecule has 3 rings (SSSR count). The molecule has 1 aliphatic heterocycles. The summed E-state index contributed by atoms with van der Waals surface area (Å²) < 4.78 is 6.05. The van der Waals surface area contributed by atoms with E-state index in [4.69, 9.17) is 27.9 Å². The molecule has 0 bridgehead atoms. The Kier molecular flexibility index (Phi) is 7.21. The molecular formula is C21H26Cl2N2O. The second kappa shape index (κ2) is 9.61. The van der Waals surface area contributed by atoms with Crippen LogP contribution in [0, 0.1) is 0 Å². The maximum atomic E-state index is 6.21. The van der Waals surface area contributed by atoms with Crippen molar-refractivity contribution in [3.8, 4) is 5.75 Å². The average Bonchev–Trinajstić information content (AvgIpc) is 2.63. The van der Waals surface area contributed by atoms with Gasteiger partial charge in [0.1, 0.15) is 12.4 Å². The van der Waals surface area contributed by atoms with Crippen molar-refractivity contribution in [2.24, 2.45) is 0 Å². The normalized spacial score (nSPS) is 16.0. The Morgan fingerprint density at radius 2 is 1.73 bits per heavy atom. The first kappa shape index (κ1) is 19.5. The minimum absolute atomic E-state index is 0.508. The zero-order chi connectivity index (χ0) is 18.4. The molecule has 0 N–H and O–H groups in total. The number of halogens is 2. The lowest BCUT2D eigenvalue weighted by molar-refractivity contribution is 0.153. The molecule has 0 amide bonds. The first-order chi connectivity index (χ1) is 12.6. The second-order valence-corrected chi connectivity index (χ2v) is 7.79. The molecule has 1 fully saturated rings. The van der Waals surface area contributed by atoms with E-state index in [1.54, 1.807) is 0 Å². The summed E-state index contributed by atoms with van der Waals surface area (Å²) >= 11 is 12.3. The molecule has 1 heterocycles. The van der Waals surface area contributed by atoms with Crippen LogP contribution in [0.3, 0.4) is 0 Å². The zero-order valence-corrected chi connectivity index (χ0v) is 16.8. The smallest absolute Gasteiger partial charge is 0.123 e. The molecule has 3 nitrogen and oxygen atoms in total. The van der Waals surface area contributed by atoms with E-state index in [-0.39, 0.29) is 0 Å². The minimum Gasteiger partial charge on any atom is -0.489 e. The van der Waals surface area contributed by atoms with Gasteiger partial charge in [-0.05, 0) is 67.9 Å². The minimum atomic E-state index is 0.508. The number of rotatable bonds is 7. The standard InChI is InChI=1S/C21H26Cl2N2O/c1-24-10-12-25(13-11-24)9-3-5-18-15-20(23)7-8-21(18)26-16-17-4-2-6-19(22)14-17/h2,4,6-8,14-15H,3,5,9-13,16H2,1H3. The van der Waals surface area contributed by atoms with Crippen molar-refractivity contribution in [1.82, 2.24) is 9.80 Å². The van der Waals surface area contributed by atoms with Crippen molar-refractivity contribution in [1.29, 1.82) is 0 Å². The molecule has 0 atom stereocenters. The van der Waals surface area contributed by atoms with Crippen LogP contribution in [0.4, 0.5) is 0 Å². The van der Waals surface area contributed by atoms with E-state index >= 15 is 0 Å². The summed E-state index contributed by atoms with van der Waals surface area (Å²) in [4.78, 5) is 4.92. The van der Waals surface area contributed by atoms with Crippen LogP contribution in [0.5, 0.6) is 5.75 Å². The molecule has 0 aliphatic carbocycles. The summed E-state index contributed by atoms with van der Waals surface area (Å²) in [6.07, 6.45) is 2.08. The van der Waals surface area contributed by atoms with E-state index in [2.05, 4.69) is 16.8 Å². The average molecular weight is 393 g/mol. The number of likely N-dealkylation sites (N-methyl/N-ethyl adjacent to an activating group) is 1. The summed E-state index contributed by atoms with van der Waals surface area (Å²) in [5.74, 6) is 0.910. The topological polar surface area (TPSA) is 15.7 Å². The fourth-order valence-corrected chi connectivity index (χ4v) is 3.64. The second-order valence-electron chi connectivity index (χ2n) is 6.92. The van der Waals surface area contributed by atoms with Gasteiger partial charge >= 0.3 is 0 Å². The van der Waals surface area contributed by atoms with Gasteiger partial charge in [0.15, 0.2) is 0 Å². The molecule has 0 spiro atoms. The number of piperazine rings is 1. The van der Waals surface area contributed by atoms with Crippen molar-refractivity contribution >= 4 is 23.2 Å². The highest BCUT2D eigenvalue weighted by atomic mass is 35.5. The number of ether oxygens (including phenoxy) is 1. The van der Waals surface area contributed by atoms with E-state index in [0.29, 0.717) is 6.61 Å². The Balaban J connectivity index is 1.55. The number of benzene rings is 2. The number of hydrogen-bond donors (Lipinski definition) is 0. The van der Waals surface area contributed by atoms with Gasteiger partial charge < -0.3 is 14.5 Å². The van der Waals surface area contributed by atoms with Gasteiger partial charge in [0, 0.05) is 36.2 Å². The Labute approximate surface area is 166 Å². The third kappa shape index (κ3) is 5.88. The molecule has 0 unspecified atom stereocenters. The summed E-state index contributed by atoms with van der Waals surface area (Å²) in [5, 5.41) is 1.49. The lowest BCUT2D eigenvalue weighted by Gasteiger charge is -2.32. The lowest BCUT2D eigenvalue weighted by atomic mass is 10.1. The first-order valence-corrected chi connectivity index (χ1v) is 9.92. The molecule has 2 aromatic carbocycles. The van der Waals surface area contributed by atoms with E-state index in [9.17, 15) is 0 Å². The molecule has 1 saturated heterocycles. The number of aryl methyl sites for hydroxylation is 1. The van der Waals surface area contributed by atoms with E-state index < -0.39 is 0 Å². The molecule has 1 aliphatic rings. The van der Waals surface area contributed by atoms with Crippen LogP contribution in [0.25, 0.3) is 0 Å². The highest BCUT2D eigenvalue weighted by molar-refractivity contribution is 6.30. The van der Waals surface area contributed by atoms with Gasteiger partial charge in [-0.2, -0.15) is 0 Å². The van der Waals surface area contributed by atoms with Crippen molar-refractivity contribution in [2.75, 3.05) is 39.8 Å². The van der Waals surface area contributed by atoms with Crippen molar-refractivity contribution in [2.45, 2.75) is 19.4 Å². The first-order valence-electron chi connectivity index (χ1n) is 9.17. The molecule has 140 valence electrons. The Morgan fingerprint density at radius 3 is 2.50 bits per heavy atom. The van der Waals surface area contributed by atoms with Crippen LogP contribution in [-0.4, -0.2) is 49.6 Å². The van der Waals surface area contributed by atoms with Crippen molar-refractivity contribution in [3.63, 3.8) is 0 Å². The van der Waals surface area contributed by atoms with Crippen LogP contribution >= 0.6 is 23.2 Å². The monoisotopic (exact) mass is 392 g/mol. The van der Waals surface area contributed by atoms with Crippen LogP contribution < -0.4 is 4.74 Å². The largest absolute Gasteiger partial charge is 0.489 e. The van der Waals surface area contributed by atoms with Crippen LogP contribution in [-0.2, 0) is 13.0 Å². The van der Waals surface area contributed by atoms with Gasteiger partial charge in [-0.3, -0.25) is 0 Å². The Bertz CT molecular complexity index is 715. The third-order valence-electron chi connectivity index (χ3n) is 4.82. The molecule has 26 heavy (non-hydrogen) atoms. The fourth-order valence-electron chi connectivity index (χ4n) is 3.24. The van der Waals surface area contributed by atoms with E-state index in [0.717, 1.165) is 66.9 Å². The molecule has 0 saturated carbocycles. The van der Waals surface area contributed by atoms with Crippen LogP contribution in [0.15, 0.2) is 42.5 Å². The van der Waals surface area contributed by atoms with Crippen LogP contribution in [0.1, 0.15) is 17.5 Å². The maximum absolute atomic E-state index is 6.21. The Morgan fingerprint density at radius 1 is 0.962 bits per heavy atom. The summed E-state index contributed by atoms with van der Waals surface area (Å²) in [6, 6.07) is 13.7. The third-order valence-corrected chi connectivity index (χ3v) is 5.29. The molecule has 5 heteroatoms. The van der Waals surface area contributed by atoms with Gasteiger partial charge in [0.05, 0.1) is 0 Å². The molecule has 0 radical (unpaired) electrons. The highest BCUT2D eigenvalue weighted by Gasteiger charge is 2.13. The highest BCUT2D eigenvalue weighted by Crippen LogP contribution is 2.25. The van der Waals surface area contributed by atoms with Gasteiger partial charge in [0.25, 0.3) is 0 Å². The molecular weight excluding hydrogens is 367 g/mol. The van der Waals surface area contributed by atoms with Crippen molar-refractivity contribution in [3.05, 3.63) is 63.6 Å². The predicted octanol–water partition coefficient (Wildman–Crippen LogP) is 4.75.